The molecule has 2 fully saturated rings. The van der Waals surface area contributed by atoms with E-state index in [-0.39, 0.29) is 30.4 Å². The van der Waals surface area contributed by atoms with Crippen LogP contribution in [-0.4, -0.2) is 36.8 Å². The summed E-state index contributed by atoms with van der Waals surface area (Å²) in [4.78, 5) is 8.55. The van der Waals surface area contributed by atoms with E-state index in [4.69, 9.17) is 9.47 Å². The fraction of sp³-hybridized carbons (Fsp3) is 0.405. The third-order valence-corrected chi connectivity index (χ3v) is 10.2. The molecule has 2 aromatic carbocycles. The smallest absolute Gasteiger partial charge is 0.229 e. The predicted molar refractivity (Wildman–Crippen MR) is 187 cm³/mol. The van der Waals surface area contributed by atoms with E-state index in [9.17, 15) is 17.2 Å². The van der Waals surface area contributed by atoms with E-state index in [1.165, 1.54) is 12.1 Å². The van der Waals surface area contributed by atoms with Crippen LogP contribution in [0.4, 0.5) is 14.5 Å². The van der Waals surface area contributed by atoms with Crippen molar-refractivity contribution in [2.24, 2.45) is 0 Å². The van der Waals surface area contributed by atoms with Crippen molar-refractivity contribution in [2.45, 2.75) is 88.6 Å². The minimum absolute atomic E-state index is 0.105. The van der Waals surface area contributed by atoms with Crippen LogP contribution in [0.1, 0.15) is 85.7 Å². The molecule has 256 valence electrons. The minimum Gasteiger partial charge on any atom is -0.372 e. The SMILES string of the molecule is CS(=O)(=O)Nc1cccnc1COC1CCC(c2cccc(F)c2)CC1.Fc1cccc(C2CCC(OCc3ncccc3Br)CC2)c1. The number of pyridine rings is 2. The van der Waals surface area contributed by atoms with Gasteiger partial charge >= 0.3 is 0 Å². The van der Waals surface area contributed by atoms with E-state index in [0.717, 1.165) is 78.9 Å². The van der Waals surface area contributed by atoms with E-state index >= 15 is 0 Å². The Morgan fingerprint density at radius 3 is 1.67 bits per heavy atom. The first kappa shape index (κ1) is 36.0. The van der Waals surface area contributed by atoms with Gasteiger partial charge in [-0.3, -0.25) is 14.7 Å². The number of hydrogen-bond donors (Lipinski definition) is 1. The lowest BCUT2D eigenvalue weighted by atomic mass is 9.83. The topological polar surface area (TPSA) is 90.4 Å². The Bertz CT molecular complexity index is 1730. The first-order chi connectivity index (χ1) is 23.1. The Balaban J connectivity index is 0.000000190. The first-order valence-corrected chi connectivity index (χ1v) is 19.1. The van der Waals surface area contributed by atoms with Gasteiger partial charge in [-0.05, 0) is 139 Å². The Labute approximate surface area is 290 Å². The first-order valence-electron chi connectivity index (χ1n) is 16.4. The molecular formula is C37H42BrF2N3O4S. The zero-order valence-corrected chi connectivity index (χ0v) is 29.4. The van der Waals surface area contributed by atoms with Crippen LogP contribution < -0.4 is 4.72 Å². The average molecular weight is 743 g/mol. The van der Waals surface area contributed by atoms with Crippen molar-refractivity contribution >= 4 is 31.6 Å². The van der Waals surface area contributed by atoms with Crippen LogP contribution in [0.2, 0.25) is 0 Å². The minimum atomic E-state index is -3.36. The molecule has 11 heteroatoms. The molecule has 0 amide bonds. The number of rotatable bonds is 10. The van der Waals surface area contributed by atoms with E-state index in [1.807, 2.05) is 24.3 Å². The van der Waals surface area contributed by atoms with E-state index in [2.05, 4.69) is 30.6 Å². The summed E-state index contributed by atoms with van der Waals surface area (Å²) in [5.41, 5.74) is 4.13. The molecule has 2 heterocycles. The third-order valence-electron chi connectivity index (χ3n) is 8.92. The maximum absolute atomic E-state index is 13.4. The van der Waals surface area contributed by atoms with E-state index in [0.29, 0.717) is 29.8 Å². The van der Waals surface area contributed by atoms with Gasteiger partial charge in [0.05, 0.1) is 48.8 Å². The van der Waals surface area contributed by atoms with Gasteiger partial charge in [0.1, 0.15) is 11.6 Å². The van der Waals surface area contributed by atoms with Crippen molar-refractivity contribution in [3.05, 3.63) is 124 Å². The highest BCUT2D eigenvalue weighted by molar-refractivity contribution is 9.10. The van der Waals surface area contributed by atoms with Crippen LogP contribution >= 0.6 is 15.9 Å². The van der Waals surface area contributed by atoms with Gasteiger partial charge in [-0.2, -0.15) is 0 Å². The molecule has 0 bridgehead atoms. The quantitative estimate of drug-likeness (QED) is 0.175. The normalized spacial score (nSPS) is 21.2. The summed E-state index contributed by atoms with van der Waals surface area (Å²) in [7, 11) is -3.36. The fourth-order valence-electron chi connectivity index (χ4n) is 6.41. The second-order valence-corrected chi connectivity index (χ2v) is 15.1. The van der Waals surface area contributed by atoms with E-state index < -0.39 is 10.0 Å². The number of benzene rings is 2. The van der Waals surface area contributed by atoms with Crippen LogP contribution in [0.3, 0.4) is 0 Å². The zero-order chi connectivity index (χ0) is 33.9. The molecule has 0 radical (unpaired) electrons. The third kappa shape index (κ3) is 11.1. The number of sulfonamides is 1. The van der Waals surface area contributed by atoms with Crippen LogP contribution in [0.15, 0.2) is 89.7 Å². The second-order valence-electron chi connectivity index (χ2n) is 12.5. The maximum Gasteiger partial charge on any atom is 0.229 e. The zero-order valence-electron chi connectivity index (χ0n) is 27.0. The van der Waals surface area contributed by atoms with Crippen LogP contribution in [0.25, 0.3) is 0 Å². The molecule has 2 aromatic heterocycles. The summed E-state index contributed by atoms with van der Waals surface area (Å²) in [6.07, 6.45) is 12.7. The summed E-state index contributed by atoms with van der Waals surface area (Å²) in [6, 6.07) is 21.0. The van der Waals surface area contributed by atoms with Crippen LogP contribution in [-0.2, 0) is 32.7 Å². The van der Waals surface area contributed by atoms with Gasteiger partial charge in [-0.1, -0.05) is 24.3 Å². The summed E-state index contributed by atoms with van der Waals surface area (Å²) < 4.78 is 65.0. The lowest BCUT2D eigenvalue weighted by Crippen LogP contribution is -2.21. The molecule has 0 saturated heterocycles. The molecule has 2 aliphatic carbocycles. The average Bonchev–Trinajstić information content (AvgIpc) is 3.08. The van der Waals surface area contributed by atoms with Gasteiger partial charge in [0.15, 0.2) is 0 Å². The largest absolute Gasteiger partial charge is 0.372 e. The highest BCUT2D eigenvalue weighted by Crippen LogP contribution is 2.36. The molecule has 2 saturated carbocycles. The summed E-state index contributed by atoms with van der Waals surface area (Å²) in [6.45, 7) is 0.796. The number of hydrogen-bond acceptors (Lipinski definition) is 6. The highest BCUT2D eigenvalue weighted by Gasteiger charge is 2.25. The number of nitrogens with one attached hydrogen (secondary N) is 1. The molecule has 4 aromatic rings. The van der Waals surface area contributed by atoms with Crippen molar-refractivity contribution in [3.63, 3.8) is 0 Å². The van der Waals surface area contributed by atoms with Gasteiger partial charge in [-0.15, -0.1) is 0 Å². The number of anilines is 1. The maximum atomic E-state index is 13.4. The standard InChI is InChI=1S/C19H23FN2O3S.C18H19BrFNO/c1-26(23,24)22-18-6-3-11-21-19(18)13-25-17-9-7-14(8-10-17)15-4-2-5-16(20)12-15;19-17-5-2-10-21-18(17)12-22-16-8-6-13(7-9-16)14-3-1-4-15(20)11-14/h2-6,11-12,14,17,22H,7-10,13H2,1H3;1-5,10-11,13,16H,6-9,12H2. The molecule has 48 heavy (non-hydrogen) atoms. The Hall–Kier alpha value is -3.25. The van der Waals surface area contributed by atoms with Crippen molar-refractivity contribution in [3.8, 4) is 0 Å². The summed E-state index contributed by atoms with van der Waals surface area (Å²) >= 11 is 3.49. The molecule has 0 spiro atoms. The predicted octanol–water partition coefficient (Wildman–Crippen LogP) is 9.06. The van der Waals surface area contributed by atoms with Gasteiger partial charge in [0, 0.05) is 16.9 Å². The summed E-state index contributed by atoms with van der Waals surface area (Å²) in [5, 5.41) is 0. The molecule has 2 aliphatic rings. The second kappa shape index (κ2) is 17.4. The monoisotopic (exact) mass is 741 g/mol. The van der Waals surface area contributed by atoms with Crippen LogP contribution in [0.5, 0.6) is 0 Å². The van der Waals surface area contributed by atoms with Crippen molar-refractivity contribution in [2.75, 3.05) is 11.0 Å². The lowest BCUT2D eigenvalue weighted by Gasteiger charge is -2.29. The van der Waals surface area contributed by atoms with Crippen molar-refractivity contribution in [1.29, 1.82) is 0 Å². The Morgan fingerprint density at radius 2 is 1.19 bits per heavy atom. The van der Waals surface area contributed by atoms with Crippen molar-refractivity contribution < 1.29 is 26.7 Å². The van der Waals surface area contributed by atoms with Gasteiger partial charge in [-0.25, -0.2) is 17.2 Å². The van der Waals surface area contributed by atoms with Gasteiger partial charge in [0.2, 0.25) is 10.0 Å². The Morgan fingerprint density at radius 1 is 0.708 bits per heavy atom. The van der Waals surface area contributed by atoms with Gasteiger partial charge < -0.3 is 9.47 Å². The van der Waals surface area contributed by atoms with Crippen molar-refractivity contribution in [1.82, 2.24) is 9.97 Å². The molecule has 0 unspecified atom stereocenters. The number of nitrogens with zero attached hydrogens (tertiary/aromatic N) is 2. The molecular weight excluding hydrogens is 700 g/mol. The Kier molecular flexibility index (Phi) is 13.1. The van der Waals surface area contributed by atoms with Crippen LogP contribution in [0, 0.1) is 11.6 Å². The molecule has 7 nitrogen and oxygen atoms in total. The molecule has 6 rings (SSSR count). The number of aromatic nitrogens is 2. The number of halogens is 3. The molecule has 0 atom stereocenters. The fourth-order valence-corrected chi connectivity index (χ4v) is 7.37. The highest BCUT2D eigenvalue weighted by atomic mass is 79.9. The molecule has 1 N–H and O–H groups in total. The molecule has 0 aliphatic heterocycles. The number of ether oxygens (including phenoxy) is 2. The van der Waals surface area contributed by atoms with Gasteiger partial charge in [0.25, 0.3) is 0 Å². The summed E-state index contributed by atoms with van der Waals surface area (Å²) in [5.74, 6) is 0.484. The van der Waals surface area contributed by atoms with E-state index in [1.54, 1.807) is 48.8 Å². The lowest BCUT2D eigenvalue weighted by molar-refractivity contribution is 0.0115.